The molecule has 2 aromatic rings. The fourth-order valence-corrected chi connectivity index (χ4v) is 2.45. The zero-order valence-corrected chi connectivity index (χ0v) is 10.8. The van der Waals surface area contributed by atoms with E-state index in [1.54, 1.807) is 11.0 Å². The molecule has 2 heterocycles. The minimum absolute atomic E-state index is 0.417. The molecular formula is C13H16N4O2. The average Bonchev–Trinajstić information content (AvgIpc) is 2.97. The second-order valence-electron chi connectivity index (χ2n) is 4.96. The van der Waals surface area contributed by atoms with E-state index < -0.39 is 5.97 Å². The van der Waals surface area contributed by atoms with Crippen LogP contribution in [0.5, 0.6) is 0 Å². The number of carboxylic acid groups (broad SMARTS) is 1. The van der Waals surface area contributed by atoms with Gasteiger partial charge in [-0.1, -0.05) is 0 Å². The molecule has 0 atom stereocenters. The highest BCUT2D eigenvalue weighted by molar-refractivity contribution is 5.89. The topological polar surface area (TPSA) is 72.9 Å². The minimum atomic E-state index is -0.848. The Labute approximate surface area is 110 Å². The number of hydrogen-bond donors (Lipinski definition) is 1. The van der Waals surface area contributed by atoms with Gasteiger partial charge in [0.1, 0.15) is 12.7 Å². The molecule has 0 aliphatic heterocycles. The fourth-order valence-electron chi connectivity index (χ4n) is 2.45. The summed E-state index contributed by atoms with van der Waals surface area (Å²) in [5, 5.41) is 13.3. The molecule has 6 heteroatoms. The van der Waals surface area contributed by atoms with Crippen molar-refractivity contribution in [1.29, 1.82) is 0 Å². The summed E-state index contributed by atoms with van der Waals surface area (Å²) in [6, 6.07) is 1.83. The van der Waals surface area contributed by atoms with E-state index >= 15 is 0 Å². The van der Waals surface area contributed by atoms with E-state index in [1.165, 1.54) is 6.33 Å². The molecule has 1 fully saturated rings. The van der Waals surface area contributed by atoms with Crippen LogP contribution in [0.25, 0.3) is 0 Å². The predicted molar refractivity (Wildman–Crippen MR) is 68.1 cm³/mol. The summed E-state index contributed by atoms with van der Waals surface area (Å²) in [6.45, 7) is 3.30. The largest absolute Gasteiger partial charge is 0.478 e. The van der Waals surface area contributed by atoms with E-state index in [0.717, 1.165) is 30.8 Å². The molecule has 100 valence electrons. The maximum absolute atomic E-state index is 11.2. The van der Waals surface area contributed by atoms with Crippen molar-refractivity contribution in [2.24, 2.45) is 0 Å². The van der Waals surface area contributed by atoms with Gasteiger partial charge in [0.05, 0.1) is 12.1 Å². The SMILES string of the molecule is Cc1c(C(=O)O)cc(C2CC2)n1CCn1cncn1. The molecule has 19 heavy (non-hydrogen) atoms. The van der Waals surface area contributed by atoms with Crippen molar-refractivity contribution in [3.05, 3.63) is 35.7 Å². The third kappa shape index (κ3) is 2.25. The molecule has 0 unspecified atom stereocenters. The second kappa shape index (κ2) is 4.53. The van der Waals surface area contributed by atoms with Crippen LogP contribution in [0.4, 0.5) is 0 Å². The third-order valence-corrected chi connectivity index (χ3v) is 3.64. The zero-order valence-electron chi connectivity index (χ0n) is 10.8. The van der Waals surface area contributed by atoms with Crippen LogP contribution >= 0.6 is 0 Å². The number of aromatic carboxylic acids is 1. The van der Waals surface area contributed by atoms with Gasteiger partial charge < -0.3 is 9.67 Å². The maximum atomic E-state index is 11.2. The van der Waals surface area contributed by atoms with Crippen LogP contribution in [0.15, 0.2) is 18.7 Å². The Morgan fingerprint density at radius 1 is 1.47 bits per heavy atom. The summed E-state index contributed by atoms with van der Waals surface area (Å²) in [6.07, 6.45) is 5.50. The van der Waals surface area contributed by atoms with Gasteiger partial charge >= 0.3 is 5.97 Å². The molecule has 2 aromatic heterocycles. The number of aromatic nitrogens is 4. The summed E-state index contributed by atoms with van der Waals surface area (Å²) in [5.74, 6) is -0.318. The van der Waals surface area contributed by atoms with Gasteiger partial charge in [-0.25, -0.2) is 9.78 Å². The van der Waals surface area contributed by atoms with Crippen molar-refractivity contribution in [1.82, 2.24) is 19.3 Å². The van der Waals surface area contributed by atoms with Gasteiger partial charge in [0, 0.05) is 17.9 Å². The molecule has 0 radical (unpaired) electrons. The highest BCUT2D eigenvalue weighted by atomic mass is 16.4. The zero-order chi connectivity index (χ0) is 13.4. The van der Waals surface area contributed by atoms with Crippen LogP contribution in [-0.4, -0.2) is 30.4 Å². The highest BCUT2D eigenvalue weighted by Crippen LogP contribution is 2.41. The van der Waals surface area contributed by atoms with Crippen molar-refractivity contribution in [2.75, 3.05) is 0 Å². The molecular weight excluding hydrogens is 244 g/mol. The van der Waals surface area contributed by atoms with Gasteiger partial charge in [0.15, 0.2) is 0 Å². The standard InChI is InChI=1S/C13H16N4O2/c1-9-11(13(18)19)6-12(10-2-3-10)17(9)5-4-16-8-14-7-15-16/h6-8,10H,2-5H2,1H3,(H,18,19). The second-order valence-corrected chi connectivity index (χ2v) is 4.96. The molecule has 0 saturated heterocycles. The van der Waals surface area contributed by atoms with Crippen LogP contribution in [0, 0.1) is 6.92 Å². The predicted octanol–water partition coefficient (Wildman–Crippen LogP) is 1.66. The molecule has 1 aliphatic carbocycles. The Kier molecular flexibility index (Phi) is 2.85. The van der Waals surface area contributed by atoms with Gasteiger partial charge in [-0.3, -0.25) is 4.68 Å². The first-order chi connectivity index (χ1) is 9.16. The lowest BCUT2D eigenvalue weighted by Gasteiger charge is -2.11. The van der Waals surface area contributed by atoms with Gasteiger partial charge in [-0.05, 0) is 31.7 Å². The monoisotopic (exact) mass is 260 g/mol. The third-order valence-electron chi connectivity index (χ3n) is 3.64. The molecule has 0 aromatic carbocycles. The van der Waals surface area contributed by atoms with Crippen LogP contribution in [-0.2, 0) is 13.1 Å². The highest BCUT2D eigenvalue weighted by Gasteiger charge is 2.29. The number of carboxylic acids is 1. The normalized spacial score (nSPS) is 14.8. The van der Waals surface area contributed by atoms with E-state index in [4.69, 9.17) is 0 Å². The Balaban J connectivity index is 1.87. The first kappa shape index (κ1) is 12.0. The molecule has 3 rings (SSSR count). The van der Waals surface area contributed by atoms with E-state index in [0.29, 0.717) is 18.0 Å². The molecule has 1 aliphatic rings. The number of nitrogens with zero attached hydrogens (tertiary/aromatic N) is 4. The molecule has 0 amide bonds. The van der Waals surface area contributed by atoms with Crippen molar-refractivity contribution in [2.45, 2.75) is 38.8 Å². The van der Waals surface area contributed by atoms with Crippen molar-refractivity contribution in [3.8, 4) is 0 Å². The van der Waals surface area contributed by atoms with Crippen LogP contribution in [0.2, 0.25) is 0 Å². The van der Waals surface area contributed by atoms with Gasteiger partial charge in [-0.2, -0.15) is 5.10 Å². The minimum Gasteiger partial charge on any atom is -0.478 e. The van der Waals surface area contributed by atoms with E-state index in [9.17, 15) is 9.90 Å². The summed E-state index contributed by atoms with van der Waals surface area (Å²) in [5.41, 5.74) is 2.39. The van der Waals surface area contributed by atoms with Crippen LogP contribution in [0.1, 0.15) is 40.5 Å². The van der Waals surface area contributed by atoms with Gasteiger partial charge in [0.2, 0.25) is 0 Å². The quantitative estimate of drug-likeness (QED) is 0.887. The first-order valence-corrected chi connectivity index (χ1v) is 6.42. The molecule has 6 nitrogen and oxygen atoms in total. The summed E-state index contributed by atoms with van der Waals surface area (Å²) in [4.78, 5) is 15.1. The van der Waals surface area contributed by atoms with E-state index in [-0.39, 0.29) is 0 Å². The van der Waals surface area contributed by atoms with Gasteiger partial charge in [0.25, 0.3) is 0 Å². The lowest BCUT2D eigenvalue weighted by Crippen LogP contribution is -2.12. The number of rotatable bonds is 5. The first-order valence-electron chi connectivity index (χ1n) is 6.42. The Bertz CT molecular complexity index is 596. The number of aryl methyl sites for hydroxylation is 1. The lowest BCUT2D eigenvalue weighted by atomic mass is 10.2. The summed E-state index contributed by atoms with van der Waals surface area (Å²) < 4.78 is 3.87. The maximum Gasteiger partial charge on any atom is 0.337 e. The Hall–Kier alpha value is -2.11. The number of hydrogen-bond acceptors (Lipinski definition) is 3. The van der Waals surface area contributed by atoms with Crippen molar-refractivity contribution >= 4 is 5.97 Å². The van der Waals surface area contributed by atoms with E-state index in [1.807, 2.05) is 13.0 Å². The number of carbonyl (C=O) groups is 1. The molecule has 0 bridgehead atoms. The van der Waals surface area contributed by atoms with Gasteiger partial charge in [-0.15, -0.1) is 0 Å². The summed E-state index contributed by atoms with van der Waals surface area (Å²) in [7, 11) is 0. The van der Waals surface area contributed by atoms with E-state index in [2.05, 4.69) is 14.6 Å². The molecule has 0 spiro atoms. The average molecular weight is 260 g/mol. The fraction of sp³-hybridized carbons (Fsp3) is 0.462. The lowest BCUT2D eigenvalue weighted by molar-refractivity contribution is 0.0696. The van der Waals surface area contributed by atoms with Crippen LogP contribution < -0.4 is 0 Å². The molecule has 1 N–H and O–H groups in total. The Morgan fingerprint density at radius 2 is 2.26 bits per heavy atom. The van der Waals surface area contributed by atoms with Crippen LogP contribution in [0.3, 0.4) is 0 Å². The van der Waals surface area contributed by atoms with Crippen molar-refractivity contribution < 1.29 is 9.90 Å². The van der Waals surface area contributed by atoms with Crippen molar-refractivity contribution in [3.63, 3.8) is 0 Å². The summed E-state index contributed by atoms with van der Waals surface area (Å²) >= 11 is 0. The smallest absolute Gasteiger partial charge is 0.337 e. The molecule has 1 saturated carbocycles. The Morgan fingerprint density at radius 3 is 2.84 bits per heavy atom.